The molecule has 2 bridgehead atoms. The molecule has 35 heavy (non-hydrogen) atoms. The first-order valence-electron chi connectivity index (χ1n) is 11.6. The number of hydrogen-bond donors (Lipinski definition) is 2. The van der Waals surface area contributed by atoms with Gasteiger partial charge < -0.3 is 15.8 Å². The van der Waals surface area contributed by atoms with E-state index < -0.39 is 0 Å². The highest BCUT2D eigenvalue weighted by Crippen LogP contribution is 2.54. The number of carbonyl (C=O) groups excluding carboxylic acids is 1. The fourth-order valence-corrected chi connectivity index (χ4v) is 5.28. The molecule has 0 spiro atoms. The standard InChI is InChI=1S/C29H24FN3O2/c1-15-11-26(31)33-16(2)24(15)14-32-29(34)18-8-10-21-23(13-18)28-22-12-17(7-9-20(22)27(21)35-28)19-5-3-4-6-25(19)30/h3-13,27-28H,14H2,1-2H3,(H2,31,33)(H,32,34). The Morgan fingerprint density at radius 1 is 0.971 bits per heavy atom. The van der Waals surface area contributed by atoms with Gasteiger partial charge in [0.15, 0.2) is 0 Å². The van der Waals surface area contributed by atoms with E-state index in [1.807, 2.05) is 62.4 Å². The highest BCUT2D eigenvalue weighted by Gasteiger charge is 2.43. The summed E-state index contributed by atoms with van der Waals surface area (Å²) in [5, 5.41) is 3.01. The van der Waals surface area contributed by atoms with Gasteiger partial charge in [-0.2, -0.15) is 0 Å². The highest BCUT2D eigenvalue weighted by molar-refractivity contribution is 5.94. The van der Waals surface area contributed by atoms with E-state index in [-0.39, 0.29) is 23.9 Å². The summed E-state index contributed by atoms with van der Waals surface area (Å²) < 4.78 is 20.7. The molecule has 0 aliphatic carbocycles. The van der Waals surface area contributed by atoms with Crippen LogP contribution >= 0.6 is 0 Å². The topological polar surface area (TPSA) is 77.2 Å². The van der Waals surface area contributed by atoms with Gasteiger partial charge in [0.2, 0.25) is 0 Å². The van der Waals surface area contributed by atoms with E-state index >= 15 is 0 Å². The van der Waals surface area contributed by atoms with Crippen molar-refractivity contribution in [2.24, 2.45) is 0 Å². The van der Waals surface area contributed by atoms with Gasteiger partial charge in [-0.25, -0.2) is 9.37 Å². The molecule has 0 saturated carbocycles. The molecule has 3 aromatic carbocycles. The lowest BCUT2D eigenvalue weighted by molar-refractivity contribution is 0.0857. The molecule has 2 atom stereocenters. The molecule has 3 heterocycles. The van der Waals surface area contributed by atoms with Crippen molar-refractivity contribution in [2.45, 2.75) is 32.6 Å². The zero-order valence-electron chi connectivity index (χ0n) is 19.4. The lowest BCUT2D eigenvalue weighted by Gasteiger charge is -2.18. The van der Waals surface area contributed by atoms with Crippen molar-refractivity contribution < 1.29 is 13.9 Å². The molecule has 6 heteroatoms. The summed E-state index contributed by atoms with van der Waals surface area (Å²) >= 11 is 0. The van der Waals surface area contributed by atoms with Crippen molar-refractivity contribution in [3.63, 3.8) is 0 Å². The van der Waals surface area contributed by atoms with E-state index in [9.17, 15) is 9.18 Å². The summed E-state index contributed by atoms with van der Waals surface area (Å²) in [5.74, 6) is 0.0615. The molecule has 6 rings (SSSR count). The van der Waals surface area contributed by atoms with Gasteiger partial charge in [0.05, 0.1) is 0 Å². The van der Waals surface area contributed by atoms with Crippen molar-refractivity contribution in [2.75, 3.05) is 5.73 Å². The number of pyridine rings is 1. The number of nitrogens with one attached hydrogen (secondary N) is 1. The summed E-state index contributed by atoms with van der Waals surface area (Å²) in [4.78, 5) is 17.3. The first-order valence-corrected chi connectivity index (χ1v) is 11.6. The number of amides is 1. The molecule has 0 saturated heterocycles. The molecule has 3 N–H and O–H groups in total. The summed E-state index contributed by atoms with van der Waals surface area (Å²) in [5.41, 5.74) is 14.7. The van der Waals surface area contributed by atoms with Crippen molar-refractivity contribution in [3.8, 4) is 11.1 Å². The molecular formula is C29H24FN3O2. The van der Waals surface area contributed by atoms with Gasteiger partial charge in [0, 0.05) is 23.4 Å². The Bertz CT molecular complexity index is 1490. The first kappa shape index (κ1) is 21.5. The highest BCUT2D eigenvalue weighted by atomic mass is 19.1. The fraction of sp³-hybridized carbons (Fsp3) is 0.172. The summed E-state index contributed by atoms with van der Waals surface area (Å²) in [6.07, 6.45) is -0.432. The van der Waals surface area contributed by atoms with Crippen LogP contribution in [0.25, 0.3) is 11.1 Å². The number of nitrogens with two attached hydrogens (primary N) is 1. The summed E-state index contributed by atoms with van der Waals surface area (Å²) in [6.45, 7) is 4.22. The van der Waals surface area contributed by atoms with E-state index in [0.717, 1.165) is 44.6 Å². The van der Waals surface area contributed by atoms with Crippen LogP contribution in [-0.2, 0) is 11.3 Å². The molecular weight excluding hydrogens is 441 g/mol. The van der Waals surface area contributed by atoms with Gasteiger partial charge in [-0.05, 0) is 83.1 Å². The van der Waals surface area contributed by atoms with Crippen LogP contribution in [0.2, 0.25) is 0 Å². The molecule has 5 nitrogen and oxygen atoms in total. The van der Waals surface area contributed by atoms with Gasteiger partial charge in [0.1, 0.15) is 23.8 Å². The van der Waals surface area contributed by atoms with Crippen LogP contribution in [0, 0.1) is 19.7 Å². The van der Waals surface area contributed by atoms with Crippen LogP contribution < -0.4 is 11.1 Å². The minimum Gasteiger partial charge on any atom is -0.384 e. The minimum atomic E-state index is -0.268. The van der Waals surface area contributed by atoms with Crippen LogP contribution in [0.3, 0.4) is 0 Å². The van der Waals surface area contributed by atoms with E-state index in [0.29, 0.717) is 23.5 Å². The third kappa shape index (κ3) is 3.49. The number of nitrogens with zero attached hydrogens (tertiary/aromatic N) is 1. The number of aryl methyl sites for hydroxylation is 2. The Morgan fingerprint density at radius 2 is 1.69 bits per heavy atom. The average molecular weight is 466 g/mol. The van der Waals surface area contributed by atoms with Crippen LogP contribution in [-0.4, -0.2) is 10.9 Å². The van der Waals surface area contributed by atoms with Gasteiger partial charge >= 0.3 is 0 Å². The molecule has 4 aromatic rings. The Kier molecular flexibility index (Phi) is 4.93. The largest absolute Gasteiger partial charge is 0.384 e. The molecule has 2 aliphatic heterocycles. The van der Waals surface area contributed by atoms with E-state index in [2.05, 4.69) is 10.3 Å². The third-order valence-electron chi connectivity index (χ3n) is 7.02. The fourth-order valence-electron chi connectivity index (χ4n) is 5.28. The van der Waals surface area contributed by atoms with Crippen LogP contribution in [0.5, 0.6) is 0 Å². The number of anilines is 1. The Hall–Kier alpha value is -4.03. The van der Waals surface area contributed by atoms with Crippen LogP contribution in [0.1, 0.15) is 61.6 Å². The van der Waals surface area contributed by atoms with Crippen molar-refractivity contribution in [1.29, 1.82) is 0 Å². The number of rotatable bonds is 4. The van der Waals surface area contributed by atoms with Crippen molar-refractivity contribution in [1.82, 2.24) is 10.3 Å². The maximum Gasteiger partial charge on any atom is 0.251 e. The Morgan fingerprint density at radius 3 is 2.46 bits per heavy atom. The summed E-state index contributed by atoms with van der Waals surface area (Å²) in [7, 11) is 0. The maximum absolute atomic E-state index is 14.4. The lowest BCUT2D eigenvalue weighted by atomic mass is 9.83. The SMILES string of the molecule is Cc1cc(N)nc(C)c1CNC(=O)c1ccc2c(c1)C1OC2c2ccc(-c3ccccc3F)cc21. The predicted octanol–water partition coefficient (Wildman–Crippen LogP) is 5.54. The number of fused-ring (bicyclic) bond motifs is 8. The zero-order chi connectivity index (χ0) is 24.3. The lowest BCUT2D eigenvalue weighted by Crippen LogP contribution is -2.24. The third-order valence-corrected chi connectivity index (χ3v) is 7.02. The predicted molar refractivity (Wildman–Crippen MR) is 132 cm³/mol. The second-order valence-corrected chi connectivity index (χ2v) is 9.17. The van der Waals surface area contributed by atoms with Gasteiger partial charge in [-0.15, -0.1) is 0 Å². The Balaban J connectivity index is 1.27. The molecule has 1 amide bonds. The van der Waals surface area contributed by atoms with E-state index in [1.165, 1.54) is 6.07 Å². The van der Waals surface area contributed by atoms with E-state index in [4.69, 9.17) is 10.5 Å². The van der Waals surface area contributed by atoms with Gasteiger partial charge in [0.25, 0.3) is 5.91 Å². The van der Waals surface area contributed by atoms with Gasteiger partial charge in [-0.3, -0.25) is 4.79 Å². The Labute approximate surface area is 202 Å². The van der Waals surface area contributed by atoms with Crippen molar-refractivity contribution >= 4 is 11.7 Å². The van der Waals surface area contributed by atoms with Crippen LogP contribution in [0.4, 0.5) is 10.2 Å². The molecule has 174 valence electrons. The molecule has 0 fully saturated rings. The van der Waals surface area contributed by atoms with Gasteiger partial charge in [-0.1, -0.05) is 36.4 Å². The molecule has 2 aliphatic rings. The molecule has 0 radical (unpaired) electrons. The molecule has 1 aromatic heterocycles. The minimum absolute atomic E-state index is 0.161. The van der Waals surface area contributed by atoms with Crippen LogP contribution in [0.15, 0.2) is 66.7 Å². The van der Waals surface area contributed by atoms with Crippen molar-refractivity contribution in [3.05, 3.63) is 117 Å². The summed E-state index contributed by atoms with van der Waals surface area (Å²) in [6, 6.07) is 20.3. The number of nitrogen functional groups attached to an aromatic ring is 1. The quantitative estimate of drug-likeness (QED) is 0.415. The molecule has 2 unspecified atom stereocenters. The number of hydrogen-bond acceptors (Lipinski definition) is 4. The number of benzene rings is 3. The maximum atomic E-state index is 14.4. The van der Waals surface area contributed by atoms with E-state index in [1.54, 1.807) is 12.1 Å². The second kappa shape index (κ2) is 8.03. The number of halogens is 1. The number of carbonyl (C=O) groups is 1. The monoisotopic (exact) mass is 465 g/mol. The zero-order valence-corrected chi connectivity index (χ0v) is 19.4. The number of aromatic nitrogens is 1. The first-order chi connectivity index (χ1) is 16.9. The average Bonchev–Trinajstić information content (AvgIpc) is 3.40. The second-order valence-electron chi connectivity index (χ2n) is 9.17. The normalized spacial score (nSPS) is 17.2. The number of ether oxygens (including phenoxy) is 1. The smallest absolute Gasteiger partial charge is 0.251 e.